The van der Waals surface area contributed by atoms with Crippen molar-refractivity contribution in [2.24, 2.45) is 0 Å². The van der Waals surface area contributed by atoms with Gasteiger partial charge >= 0.3 is 21.1 Å². The van der Waals surface area contributed by atoms with Gasteiger partial charge in [-0.3, -0.25) is 0 Å². The van der Waals surface area contributed by atoms with E-state index in [1.165, 1.54) is 132 Å². The summed E-state index contributed by atoms with van der Waals surface area (Å²) in [5, 5.41) is 9.96. The second-order valence-corrected chi connectivity index (χ2v) is 35.0. The van der Waals surface area contributed by atoms with Crippen LogP contribution in [-0.2, 0) is 38.8 Å². The van der Waals surface area contributed by atoms with Crippen molar-refractivity contribution in [1.29, 1.82) is 0 Å². The van der Waals surface area contributed by atoms with Gasteiger partial charge in [0.15, 0.2) is 0 Å². The van der Waals surface area contributed by atoms with Crippen molar-refractivity contribution in [3.05, 3.63) is 352 Å². The SMILES string of the molecule is Brc1ccc2c3ccc4ccccc4c3n(-c3ccc4c(c3)-c3ccccc3C4(c3ccccc3)c3ccccc3)c2c1.CC1(C)OB(B2OC(C)(C)C(C)(C)O2)OC1(C)C.CC1(C)OB(c2ccc3c4ccc5ccccc5c4n(-c4ccc5c(c4)-c4ccccc4C5(C4=CC=CCC4)c4ccccc4)c3c2)OC1(C)C. The first-order valence-corrected chi connectivity index (χ1v) is 40.4. The Labute approximate surface area is 666 Å². The van der Waals surface area contributed by atoms with Crippen LogP contribution in [0.25, 0.3) is 98.8 Å². The van der Waals surface area contributed by atoms with Crippen molar-refractivity contribution >= 4 is 108 Å². The monoisotopic (exact) mass is 1530 g/mol. The van der Waals surface area contributed by atoms with Crippen LogP contribution in [0.15, 0.2) is 313 Å². The second kappa shape index (κ2) is 26.5. The molecule has 552 valence electrons. The van der Waals surface area contributed by atoms with Crippen molar-refractivity contribution in [3.8, 4) is 33.6 Å². The molecule has 6 aliphatic rings. The predicted molar refractivity (Wildman–Crippen MR) is 468 cm³/mol. The third-order valence-corrected chi connectivity index (χ3v) is 26.8. The maximum atomic E-state index is 6.57. The van der Waals surface area contributed by atoms with Crippen LogP contribution in [0.1, 0.15) is 135 Å². The number of allylic oxidation sites excluding steroid dienone is 4. The molecule has 3 fully saturated rings. The molecule has 0 N–H and O–H groups in total. The van der Waals surface area contributed by atoms with E-state index in [0.717, 1.165) is 34.0 Å². The van der Waals surface area contributed by atoms with Crippen LogP contribution in [0.2, 0.25) is 0 Å². The van der Waals surface area contributed by atoms with Crippen molar-refractivity contribution in [1.82, 2.24) is 9.13 Å². The van der Waals surface area contributed by atoms with Gasteiger partial charge in [0, 0.05) is 48.2 Å². The minimum Gasteiger partial charge on any atom is -0.405 e. The summed E-state index contributed by atoms with van der Waals surface area (Å²) in [5.74, 6) is 0. The summed E-state index contributed by atoms with van der Waals surface area (Å²) in [6.45, 7) is 24.7. The highest BCUT2D eigenvalue weighted by Gasteiger charge is 2.64. The topological polar surface area (TPSA) is 65.2 Å². The van der Waals surface area contributed by atoms with Crippen LogP contribution in [0.4, 0.5) is 0 Å². The summed E-state index contributed by atoms with van der Waals surface area (Å²) in [4.78, 5) is 0. The molecular formula is C100H90B3BrN2O6. The van der Waals surface area contributed by atoms with Gasteiger partial charge in [0.25, 0.3) is 0 Å². The molecular weight excluding hydrogens is 1440 g/mol. The minimum atomic E-state index is -0.476. The molecule has 1 atom stereocenters. The lowest BCUT2D eigenvalue weighted by Crippen LogP contribution is -2.41. The maximum Gasteiger partial charge on any atom is 0.494 e. The van der Waals surface area contributed by atoms with Crippen LogP contribution in [-0.4, -0.2) is 63.9 Å². The Hall–Kier alpha value is -10.1. The lowest BCUT2D eigenvalue weighted by molar-refractivity contribution is 0.00578. The van der Waals surface area contributed by atoms with Gasteiger partial charge in [-0.1, -0.05) is 282 Å². The van der Waals surface area contributed by atoms with Crippen molar-refractivity contribution < 1.29 is 27.9 Å². The van der Waals surface area contributed by atoms with Crippen molar-refractivity contribution in [2.45, 2.75) is 140 Å². The molecule has 0 radical (unpaired) electrons. The lowest BCUT2D eigenvalue weighted by Gasteiger charge is -2.36. The maximum absolute atomic E-state index is 6.57. The highest BCUT2D eigenvalue weighted by molar-refractivity contribution is 9.10. The number of hydrogen-bond donors (Lipinski definition) is 0. The van der Waals surface area contributed by atoms with E-state index in [0.29, 0.717) is 0 Å². The third kappa shape index (κ3) is 11.1. The average Bonchev–Trinajstić information content (AvgIpc) is 1.53. The fraction of sp³-hybridized carbons (Fsp3) is 0.220. The Morgan fingerprint density at radius 1 is 0.321 bits per heavy atom. The zero-order valence-electron chi connectivity index (χ0n) is 65.7. The molecule has 1 unspecified atom stereocenters. The number of rotatable bonds is 8. The summed E-state index contributed by atoms with van der Waals surface area (Å²) in [7, 11) is -1.40. The van der Waals surface area contributed by atoms with Crippen LogP contribution in [0, 0.1) is 0 Å². The summed E-state index contributed by atoms with van der Waals surface area (Å²) in [5.41, 5.74) is 21.0. The molecule has 15 aromatic rings. The summed E-state index contributed by atoms with van der Waals surface area (Å²) >= 11 is 3.77. The van der Waals surface area contributed by atoms with Crippen LogP contribution >= 0.6 is 15.9 Å². The number of nitrogens with zero attached hydrogens (tertiary/aromatic N) is 2. The van der Waals surface area contributed by atoms with E-state index >= 15 is 0 Å². The molecule has 112 heavy (non-hydrogen) atoms. The molecule has 0 amide bonds. The number of fused-ring (bicyclic) bond motifs is 16. The van der Waals surface area contributed by atoms with Gasteiger partial charge in [-0.2, -0.15) is 0 Å². The standard InChI is InChI=1S/C47H40BNO2.C41H26BrN.C12H24B2O4/c1-45(2)46(3,4)51-48(50-45)34-24-27-38-39-26-23-31-15-11-12-20-36(31)44(39)49(43(38)29-34)35-25-28-42-40(30-35)37-21-13-14-22-41(37)47(42,32-16-7-5-8-17-32)33-18-9-6-10-19-33;42-30-20-23-34-35-22-19-27-11-7-8-16-32(27)40(35)43(39(34)25-30)31-21-24-38-36(26-31)33-17-9-10-18-37(33)41(38,28-12-3-1-4-13-28)29-14-5-2-6-15-29;1-9(2)10(3,4)16-13(15-9)14-17-11(5,6)12(7,8)18-14/h5-9,11-18,20-30H,10,19H2,1-4H3;1-26H;1-8H3. The Bertz CT molecular complexity index is 6230. The van der Waals surface area contributed by atoms with Gasteiger partial charge in [-0.15, -0.1) is 0 Å². The van der Waals surface area contributed by atoms with E-state index in [2.05, 4.69) is 356 Å². The molecule has 8 nitrogen and oxygen atoms in total. The quantitative estimate of drug-likeness (QED) is 0.141. The Morgan fingerprint density at radius 3 is 1.18 bits per heavy atom. The number of halogens is 1. The fourth-order valence-electron chi connectivity index (χ4n) is 18.6. The molecule has 3 saturated heterocycles. The van der Waals surface area contributed by atoms with Gasteiger partial charge in [-0.05, 0) is 216 Å². The molecule has 13 aromatic carbocycles. The molecule has 3 aliphatic heterocycles. The predicted octanol–water partition coefficient (Wildman–Crippen LogP) is 24.1. The molecule has 5 heterocycles. The van der Waals surface area contributed by atoms with Crippen LogP contribution in [0.5, 0.6) is 0 Å². The van der Waals surface area contributed by atoms with Gasteiger partial charge in [0.05, 0.1) is 66.5 Å². The summed E-state index contributed by atoms with van der Waals surface area (Å²) in [6, 6.07) is 105. The number of benzene rings is 13. The van der Waals surface area contributed by atoms with Crippen LogP contribution in [0.3, 0.4) is 0 Å². The summed E-state index contributed by atoms with van der Waals surface area (Å²) < 4.78 is 43.0. The Kier molecular flexibility index (Phi) is 17.1. The average molecular weight is 1530 g/mol. The minimum absolute atomic E-state index is 0.353. The van der Waals surface area contributed by atoms with Gasteiger partial charge in [0.2, 0.25) is 0 Å². The van der Waals surface area contributed by atoms with E-state index < -0.39 is 37.8 Å². The Morgan fingerprint density at radius 2 is 0.705 bits per heavy atom. The number of aromatic nitrogens is 2. The first kappa shape index (κ1) is 72.2. The van der Waals surface area contributed by atoms with Gasteiger partial charge in [-0.25, -0.2) is 0 Å². The molecule has 0 spiro atoms. The molecule has 21 rings (SSSR count). The smallest absolute Gasteiger partial charge is 0.405 e. The van der Waals surface area contributed by atoms with E-state index in [-0.39, 0.29) is 27.8 Å². The van der Waals surface area contributed by atoms with Crippen LogP contribution < -0.4 is 5.46 Å². The lowest BCUT2D eigenvalue weighted by atomic mass is 9.49. The zero-order chi connectivity index (χ0) is 77.1. The van der Waals surface area contributed by atoms with E-state index in [4.69, 9.17) is 27.9 Å². The molecule has 0 saturated carbocycles. The largest absolute Gasteiger partial charge is 0.494 e. The van der Waals surface area contributed by atoms with E-state index in [1.54, 1.807) is 0 Å². The molecule has 12 heteroatoms. The molecule has 2 aromatic heterocycles. The van der Waals surface area contributed by atoms with E-state index in [9.17, 15) is 0 Å². The van der Waals surface area contributed by atoms with Gasteiger partial charge in [0.1, 0.15) is 0 Å². The van der Waals surface area contributed by atoms with E-state index in [1.807, 2.05) is 55.4 Å². The van der Waals surface area contributed by atoms with Gasteiger partial charge < -0.3 is 37.1 Å². The molecule has 3 aliphatic carbocycles. The van der Waals surface area contributed by atoms with Crippen molar-refractivity contribution in [2.75, 3.05) is 0 Å². The fourth-order valence-corrected chi connectivity index (χ4v) is 19.0. The van der Waals surface area contributed by atoms with Crippen molar-refractivity contribution in [3.63, 3.8) is 0 Å². The highest BCUT2D eigenvalue weighted by atomic mass is 79.9. The third-order valence-electron chi connectivity index (χ3n) is 26.3. The normalized spacial score (nSPS) is 19.5. The first-order valence-electron chi connectivity index (χ1n) is 39.6. The zero-order valence-corrected chi connectivity index (χ0v) is 67.3. The second-order valence-electron chi connectivity index (χ2n) is 34.1. The highest BCUT2D eigenvalue weighted by Crippen LogP contribution is 2.60. The number of hydrogen-bond acceptors (Lipinski definition) is 6. The molecule has 0 bridgehead atoms. The first-order chi connectivity index (χ1) is 53.9. The summed E-state index contributed by atoms with van der Waals surface area (Å²) in [6.07, 6.45) is 8.99. The Balaban J connectivity index is 0.000000125.